The first-order valence-electron chi connectivity index (χ1n) is 5.49. The summed E-state index contributed by atoms with van der Waals surface area (Å²) in [6.07, 6.45) is 0. The topological polar surface area (TPSA) is 49.9 Å². The van der Waals surface area contributed by atoms with Gasteiger partial charge in [-0.15, -0.1) is 0 Å². The van der Waals surface area contributed by atoms with Crippen molar-refractivity contribution in [2.45, 2.75) is 6.54 Å². The largest absolute Gasteiger partial charge is 0.494 e. The number of benzene rings is 1. The van der Waals surface area contributed by atoms with Crippen molar-refractivity contribution in [1.29, 1.82) is 0 Å². The molecule has 0 aliphatic heterocycles. The fraction of sp³-hybridized carbons (Fsp3) is 0.250. The minimum atomic E-state index is -0.635. The van der Waals surface area contributed by atoms with Crippen LogP contribution in [0.25, 0.3) is 11.3 Å². The van der Waals surface area contributed by atoms with Crippen molar-refractivity contribution in [3.63, 3.8) is 0 Å². The van der Waals surface area contributed by atoms with Crippen molar-refractivity contribution in [2.75, 3.05) is 14.2 Å². The number of hydrogen-bond donors (Lipinski definition) is 2. The summed E-state index contributed by atoms with van der Waals surface area (Å²) in [7, 11) is 3.05. The van der Waals surface area contributed by atoms with Crippen molar-refractivity contribution in [1.82, 2.24) is 15.3 Å². The van der Waals surface area contributed by atoms with Crippen LogP contribution in [0.2, 0.25) is 0 Å². The van der Waals surface area contributed by atoms with Gasteiger partial charge in [0.15, 0.2) is 11.6 Å². The molecule has 0 spiro atoms. The van der Waals surface area contributed by atoms with E-state index in [0.29, 0.717) is 22.7 Å². The molecule has 1 aromatic heterocycles. The lowest BCUT2D eigenvalue weighted by atomic mass is 10.1. The average molecular weight is 332 g/mol. The monoisotopic (exact) mass is 331 g/mol. The Morgan fingerprint density at radius 3 is 2.74 bits per heavy atom. The number of aromatic nitrogens is 2. The average Bonchev–Trinajstić information content (AvgIpc) is 2.73. The summed E-state index contributed by atoms with van der Waals surface area (Å²) in [6, 6.07) is 2.07. The van der Waals surface area contributed by atoms with Crippen LogP contribution in [-0.2, 0) is 6.54 Å². The van der Waals surface area contributed by atoms with Crippen LogP contribution in [0.15, 0.2) is 16.7 Å². The number of aromatic amines is 1. The Bertz CT molecular complexity index is 601. The molecule has 0 saturated carbocycles. The number of nitrogens with one attached hydrogen (secondary N) is 2. The molecule has 19 heavy (non-hydrogen) atoms. The normalized spacial score (nSPS) is 10.8. The molecule has 0 saturated heterocycles. The smallest absolute Gasteiger partial charge is 0.165 e. The van der Waals surface area contributed by atoms with Gasteiger partial charge in [0, 0.05) is 11.6 Å². The van der Waals surface area contributed by atoms with E-state index in [1.807, 2.05) is 0 Å². The lowest BCUT2D eigenvalue weighted by Gasteiger charge is -2.05. The third-order valence-corrected chi connectivity index (χ3v) is 3.12. The van der Waals surface area contributed by atoms with Gasteiger partial charge in [0.05, 0.1) is 13.7 Å². The maximum Gasteiger partial charge on any atom is 0.165 e. The van der Waals surface area contributed by atoms with Gasteiger partial charge in [-0.1, -0.05) is 0 Å². The fourth-order valence-corrected chi connectivity index (χ4v) is 2.23. The van der Waals surface area contributed by atoms with Crippen LogP contribution < -0.4 is 10.1 Å². The van der Waals surface area contributed by atoms with Crippen molar-refractivity contribution in [3.05, 3.63) is 34.2 Å². The molecule has 102 valence electrons. The van der Waals surface area contributed by atoms with E-state index in [1.54, 1.807) is 7.05 Å². The van der Waals surface area contributed by atoms with Crippen molar-refractivity contribution >= 4 is 15.9 Å². The molecule has 0 aliphatic rings. The summed E-state index contributed by atoms with van der Waals surface area (Å²) < 4.78 is 32.8. The fourth-order valence-electron chi connectivity index (χ4n) is 1.69. The van der Waals surface area contributed by atoms with Crippen LogP contribution in [0.5, 0.6) is 5.75 Å². The first-order chi connectivity index (χ1) is 9.06. The highest BCUT2D eigenvalue weighted by Gasteiger charge is 2.17. The van der Waals surface area contributed by atoms with Gasteiger partial charge in [0.2, 0.25) is 0 Å². The lowest BCUT2D eigenvalue weighted by Crippen LogP contribution is -2.06. The van der Waals surface area contributed by atoms with Crippen molar-refractivity contribution < 1.29 is 13.5 Å². The summed E-state index contributed by atoms with van der Waals surface area (Å²) >= 11 is 3.25. The molecule has 1 heterocycles. The van der Waals surface area contributed by atoms with Gasteiger partial charge >= 0.3 is 0 Å². The van der Waals surface area contributed by atoms with E-state index < -0.39 is 11.6 Å². The quantitative estimate of drug-likeness (QED) is 0.905. The number of halogens is 3. The summed E-state index contributed by atoms with van der Waals surface area (Å²) in [5.41, 5.74) is 0.396. The number of methoxy groups -OCH3 is 1. The molecule has 0 aliphatic carbocycles. The Kier molecular flexibility index (Phi) is 4.16. The zero-order valence-corrected chi connectivity index (χ0v) is 11.9. The minimum absolute atomic E-state index is 0.0729. The van der Waals surface area contributed by atoms with Crippen molar-refractivity contribution in [3.8, 4) is 17.0 Å². The van der Waals surface area contributed by atoms with Gasteiger partial charge in [-0.2, -0.15) is 0 Å². The third kappa shape index (κ3) is 2.76. The molecule has 0 amide bonds. The number of H-pyrrole nitrogens is 1. The van der Waals surface area contributed by atoms with Crippen LogP contribution in [0, 0.1) is 11.6 Å². The Morgan fingerprint density at radius 1 is 1.37 bits per heavy atom. The van der Waals surface area contributed by atoms with Crippen LogP contribution in [-0.4, -0.2) is 24.1 Å². The predicted octanol–water partition coefficient (Wildman–Crippen LogP) is 2.85. The number of rotatable bonds is 4. The zero-order chi connectivity index (χ0) is 14.0. The number of nitrogens with zero attached hydrogens (tertiary/aromatic N) is 1. The van der Waals surface area contributed by atoms with E-state index in [9.17, 15) is 8.78 Å². The molecular weight excluding hydrogens is 320 g/mol. The lowest BCUT2D eigenvalue weighted by molar-refractivity contribution is 0.383. The van der Waals surface area contributed by atoms with Gasteiger partial charge in [-0.25, -0.2) is 13.8 Å². The van der Waals surface area contributed by atoms with E-state index in [2.05, 4.69) is 31.2 Å². The van der Waals surface area contributed by atoms with Gasteiger partial charge in [0.1, 0.15) is 21.9 Å². The van der Waals surface area contributed by atoms with E-state index in [-0.39, 0.29) is 11.3 Å². The van der Waals surface area contributed by atoms with E-state index >= 15 is 0 Å². The van der Waals surface area contributed by atoms with Crippen LogP contribution in [0.4, 0.5) is 8.78 Å². The molecule has 2 N–H and O–H groups in total. The molecule has 4 nitrogen and oxygen atoms in total. The number of imidazole rings is 1. The molecule has 7 heteroatoms. The molecule has 0 fully saturated rings. The Morgan fingerprint density at radius 2 is 2.11 bits per heavy atom. The van der Waals surface area contributed by atoms with E-state index in [4.69, 9.17) is 4.74 Å². The standard InChI is InChI=1S/C12H12BrF2N3O/c1-16-5-10-17-11(12(13)18-10)6-3-8(15)9(19-2)4-7(6)14/h3-4,16H,5H2,1-2H3,(H,17,18). The molecule has 2 rings (SSSR count). The minimum Gasteiger partial charge on any atom is -0.494 e. The first kappa shape index (κ1) is 14.0. The zero-order valence-electron chi connectivity index (χ0n) is 10.4. The number of ether oxygens (including phenoxy) is 1. The van der Waals surface area contributed by atoms with Gasteiger partial charge < -0.3 is 15.0 Å². The SMILES string of the molecule is CNCc1nc(-c2cc(F)c(OC)cc2F)c(Br)[nH]1. The molecule has 1 aromatic carbocycles. The van der Waals surface area contributed by atoms with Crippen LogP contribution in [0.3, 0.4) is 0 Å². The molecule has 0 radical (unpaired) electrons. The molecular formula is C12H12BrF2N3O. The second kappa shape index (κ2) is 5.66. The van der Waals surface area contributed by atoms with Gasteiger partial charge in [0.25, 0.3) is 0 Å². The highest BCUT2D eigenvalue weighted by atomic mass is 79.9. The highest BCUT2D eigenvalue weighted by molar-refractivity contribution is 9.10. The Labute approximate surface area is 117 Å². The summed E-state index contributed by atoms with van der Waals surface area (Å²) in [5.74, 6) is -0.742. The number of hydrogen-bond acceptors (Lipinski definition) is 3. The van der Waals surface area contributed by atoms with Crippen molar-refractivity contribution in [2.24, 2.45) is 0 Å². The second-order valence-corrected chi connectivity index (χ2v) is 4.64. The Hall–Kier alpha value is -1.47. The first-order valence-corrected chi connectivity index (χ1v) is 6.28. The molecule has 0 bridgehead atoms. The predicted molar refractivity (Wildman–Crippen MR) is 71.0 cm³/mol. The molecule has 2 aromatic rings. The molecule has 0 atom stereocenters. The highest BCUT2D eigenvalue weighted by Crippen LogP contribution is 2.32. The summed E-state index contributed by atoms with van der Waals surface area (Å²) in [5, 5.41) is 2.92. The third-order valence-electron chi connectivity index (χ3n) is 2.55. The maximum absolute atomic E-state index is 13.9. The molecule has 0 unspecified atom stereocenters. The van der Waals surface area contributed by atoms with Crippen LogP contribution in [0.1, 0.15) is 5.82 Å². The van der Waals surface area contributed by atoms with E-state index in [0.717, 1.165) is 12.1 Å². The summed E-state index contributed by atoms with van der Waals surface area (Å²) in [4.78, 5) is 7.16. The maximum atomic E-state index is 13.9. The van der Waals surface area contributed by atoms with Crippen LogP contribution >= 0.6 is 15.9 Å². The summed E-state index contributed by atoms with van der Waals surface area (Å²) in [6.45, 7) is 0.499. The van der Waals surface area contributed by atoms with Gasteiger partial charge in [-0.05, 0) is 29.0 Å². The van der Waals surface area contributed by atoms with E-state index in [1.165, 1.54) is 7.11 Å². The van der Waals surface area contributed by atoms with Gasteiger partial charge in [-0.3, -0.25) is 0 Å². The Balaban J connectivity index is 2.49. The second-order valence-electron chi connectivity index (χ2n) is 3.84.